The van der Waals surface area contributed by atoms with E-state index in [-0.39, 0.29) is 6.04 Å². The summed E-state index contributed by atoms with van der Waals surface area (Å²) in [6.07, 6.45) is 5.42. The Morgan fingerprint density at radius 3 is 2.52 bits per heavy atom. The summed E-state index contributed by atoms with van der Waals surface area (Å²) in [6, 6.07) is 10.2. The average Bonchev–Trinajstić information content (AvgIpc) is 3.03. The highest BCUT2D eigenvalue weighted by Crippen LogP contribution is 2.18. The van der Waals surface area contributed by atoms with E-state index in [1.165, 1.54) is 0 Å². The third kappa shape index (κ3) is 3.93. The molecule has 2 N–H and O–H groups in total. The van der Waals surface area contributed by atoms with Crippen LogP contribution in [0.25, 0.3) is 5.69 Å². The van der Waals surface area contributed by atoms with E-state index < -0.39 is 5.60 Å². The molecule has 21 heavy (non-hydrogen) atoms. The number of benzene rings is 1. The van der Waals surface area contributed by atoms with Crippen LogP contribution < -0.4 is 5.32 Å². The molecule has 0 aliphatic carbocycles. The molecule has 114 valence electrons. The fourth-order valence-corrected chi connectivity index (χ4v) is 2.24. The molecule has 4 heteroatoms. The lowest BCUT2D eigenvalue weighted by molar-refractivity contribution is 0.0303. The van der Waals surface area contributed by atoms with Crippen LogP contribution in [0.15, 0.2) is 42.7 Å². The van der Waals surface area contributed by atoms with Crippen LogP contribution in [-0.4, -0.2) is 27.0 Å². The molecular weight excluding hydrogens is 262 g/mol. The van der Waals surface area contributed by atoms with Gasteiger partial charge in [0.1, 0.15) is 0 Å². The molecule has 1 heterocycles. The Morgan fingerprint density at radius 2 is 1.90 bits per heavy atom. The van der Waals surface area contributed by atoms with Crippen molar-refractivity contribution in [3.8, 4) is 5.69 Å². The van der Waals surface area contributed by atoms with E-state index in [0.717, 1.165) is 24.1 Å². The molecule has 4 nitrogen and oxygen atoms in total. The molecule has 1 atom stereocenters. The summed E-state index contributed by atoms with van der Waals surface area (Å²) in [4.78, 5) is 0. The summed E-state index contributed by atoms with van der Waals surface area (Å²) >= 11 is 0. The zero-order valence-electron chi connectivity index (χ0n) is 13.1. The first kappa shape index (κ1) is 15.7. The zero-order chi connectivity index (χ0) is 15.3. The van der Waals surface area contributed by atoms with Gasteiger partial charge in [0.2, 0.25) is 0 Å². The van der Waals surface area contributed by atoms with Gasteiger partial charge in [-0.1, -0.05) is 32.0 Å². The molecule has 0 spiro atoms. The number of rotatable bonds is 7. The van der Waals surface area contributed by atoms with E-state index in [0.29, 0.717) is 6.54 Å². The minimum absolute atomic E-state index is 0.159. The van der Waals surface area contributed by atoms with Crippen LogP contribution in [0.3, 0.4) is 0 Å². The molecule has 1 aromatic heterocycles. The van der Waals surface area contributed by atoms with Gasteiger partial charge in [-0.15, -0.1) is 0 Å². The predicted octanol–water partition coefficient (Wildman–Crippen LogP) is 3.07. The van der Waals surface area contributed by atoms with Gasteiger partial charge in [0.05, 0.1) is 17.5 Å². The summed E-state index contributed by atoms with van der Waals surface area (Å²) in [5.74, 6) is 0. The highest BCUT2D eigenvalue weighted by molar-refractivity contribution is 5.31. The largest absolute Gasteiger partial charge is 0.389 e. The Bertz CT molecular complexity index is 546. The number of hydrogen-bond donors (Lipinski definition) is 2. The van der Waals surface area contributed by atoms with Crippen molar-refractivity contribution in [2.24, 2.45) is 0 Å². The van der Waals surface area contributed by atoms with Gasteiger partial charge in [-0.05, 0) is 31.9 Å². The second kappa shape index (κ2) is 6.87. The molecular formula is C17H25N3O. The van der Waals surface area contributed by atoms with Crippen LogP contribution in [-0.2, 0) is 0 Å². The fourth-order valence-electron chi connectivity index (χ4n) is 2.24. The monoisotopic (exact) mass is 287 g/mol. The van der Waals surface area contributed by atoms with E-state index in [9.17, 15) is 5.11 Å². The van der Waals surface area contributed by atoms with Gasteiger partial charge < -0.3 is 10.4 Å². The van der Waals surface area contributed by atoms with E-state index in [4.69, 9.17) is 0 Å². The fraction of sp³-hybridized carbons (Fsp3) is 0.471. The predicted molar refractivity (Wildman–Crippen MR) is 85.5 cm³/mol. The molecule has 1 aromatic carbocycles. The third-order valence-electron chi connectivity index (χ3n) is 4.18. The van der Waals surface area contributed by atoms with Crippen molar-refractivity contribution in [3.63, 3.8) is 0 Å². The third-order valence-corrected chi connectivity index (χ3v) is 4.18. The summed E-state index contributed by atoms with van der Waals surface area (Å²) in [6.45, 7) is 6.72. The van der Waals surface area contributed by atoms with Crippen molar-refractivity contribution in [1.29, 1.82) is 0 Å². The summed E-state index contributed by atoms with van der Waals surface area (Å²) < 4.78 is 1.87. The SMILES string of the molecule is CCC(O)(CC)CNC(C)c1cnn(-c2ccccc2)c1. The lowest BCUT2D eigenvalue weighted by Gasteiger charge is -2.27. The molecule has 0 fully saturated rings. The van der Waals surface area contributed by atoms with Crippen LogP contribution in [0.2, 0.25) is 0 Å². The van der Waals surface area contributed by atoms with Crippen molar-refractivity contribution in [2.75, 3.05) is 6.54 Å². The Hall–Kier alpha value is -1.65. The minimum Gasteiger partial charge on any atom is -0.389 e. The van der Waals surface area contributed by atoms with Crippen LogP contribution in [0, 0.1) is 0 Å². The Morgan fingerprint density at radius 1 is 1.24 bits per heavy atom. The number of aromatic nitrogens is 2. The van der Waals surface area contributed by atoms with Crippen molar-refractivity contribution in [1.82, 2.24) is 15.1 Å². The van der Waals surface area contributed by atoms with E-state index in [2.05, 4.69) is 17.3 Å². The van der Waals surface area contributed by atoms with Crippen molar-refractivity contribution >= 4 is 0 Å². The van der Waals surface area contributed by atoms with Crippen LogP contribution >= 0.6 is 0 Å². The number of nitrogens with one attached hydrogen (secondary N) is 1. The molecule has 0 saturated heterocycles. The van der Waals surface area contributed by atoms with Crippen molar-refractivity contribution < 1.29 is 5.11 Å². The van der Waals surface area contributed by atoms with Gasteiger partial charge >= 0.3 is 0 Å². The number of para-hydroxylation sites is 1. The molecule has 0 bridgehead atoms. The molecule has 2 rings (SSSR count). The summed E-state index contributed by atoms with van der Waals surface area (Å²) in [5.41, 5.74) is 1.55. The smallest absolute Gasteiger partial charge is 0.0766 e. The van der Waals surface area contributed by atoms with Crippen molar-refractivity contribution in [3.05, 3.63) is 48.3 Å². The lowest BCUT2D eigenvalue weighted by Crippen LogP contribution is -2.40. The maximum absolute atomic E-state index is 10.3. The Labute approximate surface area is 126 Å². The first-order chi connectivity index (χ1) is 10.1. The Kier molecular flexibility index (Phi) is 5.15. The molecule has 0 amide bonds. The Balaban J connectivity index is 2.01. The highest BCUT2D eigenvalue weighted by atomic mass is 16.3. The zero-order valence-corrected chi connectivity index (χ0v) is 13.1. The van der Waals surface area contributed by atoms with Crippen LogP contribution in [0.1, 0.15) is 45.2 Å². The first-order valence-electron chi connectivity index (χ1n) is 7.63. The lowest BCUT2D eigenvalue weighted by atomic mass is 9.97. The van der Waals surface area contributed by atoms with Gasteiger partial charge in [0.25, 0.3) is 0 Å². The van der Waals surface area contributed by atoms with Gasteiger partial charge in [-0.25, -0.2) is 4.68 Å². The first-order valence-corrected chi connectivity index (χ1v) is 7.63. The number of nitrogens with zero attached hydrogens (tertiary/aromatic N) is 2. The standard InChI is InChI=1S/C17H25N3O/c1-4-17(21,5-2)13-18-14(3)15-11-19-20(12-15)16-9-7-6-8-10-16/h6-12,14,18,21H,4-5,13H2,1-3H3. The average molecular weight is 287 g/mol. The molecule has 2 aromatic rings. The minimum atomic E-state index is -0.621. The van der Waals surface area contributed by atoms with Gasteiger partial charge in [-0.3, -0.25) is 0 Å². The van der Waals surface area contributed by atoms with Gasteiger partial charge in [0, 0.05) is 24.3 Å². The van der Waals surface area contributed by atoms with Gasteiger partial charge in [0.15, 0.2) is 0 Å². The van der Waals surface area contributed by atoms with Crippen LogP contribution in [0.4, 0.5) is 0 Å². The normalized spacial score (nSPS) is 13.3. The van der Waals surface area contributed by atoms with Gasteiger partial charge in [-0.2, -0.15) is 5.10 Å². The molecule has 1 unspecified atom stereocenters. The molecule has 0 aliphatic heterocycles. The number of aliphatic hydroxyl groups is 1. The molecule has 0 saturated carbocycles. The topological polar surface area (TPSA) is 50.1 Å². The van der Waals surface area contributed by atoms with Crippen molar-refractivity contribution in [2.45, 2.75) is 45.3 Å². The highest BCUT2D eigenvalue weighted by Gasteiger charge is 2.22. The summed E-state index contributed by atoms with van der Waals surface area (Å²) in [5, 5.41) is 18.1. The quantitative estimate of drug-likeness (QED) is 0.823. The van der Waals surface area contributed by atoms with E-state index in [1.807, 2.05) is 61.3 Å². The van der Waals surface area contributed by atoms with E-state index >= 15 is 0 Å². The van der Waals surface area contributed by atoms with E-state index in [1.54, 1.807) is 0 Å². The van der Waals surface area contributed by atoms with Crippen LogP contribution in [0.5, 0.6) is 0 Å². The molecule has 0 aliphatic rings. The summed E-state index contributed by atoms with van der Waals surface area (Å²) in [7, 11) is 0. The second-order valence-corrected chi connectivity index (χ2v) is 5.59. The number of hydrogen-bond acceptors (Lipinski definition) is 3. The maximum Gasteiger partial charge on any atom is 0.0766 e. The second-order valence-electron chi connectivity index (χ2n) is 5.59. The molecule has 0 radical (unpaired) electrons. The maximum atomic E-state index is 10.3.